The molecule has 1 aromatic heterocycles. The molecule has 2 aliphatic heterocycles. The van der Waals surface area contributed by atoms with E-state index in [0.29, 0.717) is 11.8 Å². The number of rotatable bonds is 3. The highest BCUT2D eigenvalue weighted by Gasteiger charge is 2.34. The topological polar surface area (TPSA) is 65.5 Å². The average molecular weight is 407 g/mol. The van der Waals surface area contributed by atoms with Crippen molar-refractivity contribution >= 4 is 17.6 Å². The van der Waals surface area contributed by atoms with Crippen molar-refractivity contribution < 1.29 is 9.59 Å². The Kier molecular flexibility index (Phi) is 5.50. The van der Waals surface area contributed by atoms with Gasteiger partial charge < -0.3 is 15.1 Å². The Morgan fingerprint density at radius 3 is 2.30 bits per heavy atom. The van der Waals surface area contributed by atoms with Crippen molar-refractivity contribution in [2.45, 2.75) is 39.0 Å². The normalized spacial score (nSPS) is 19.5. The molecule has 0 spiro atoms. The summed E-state index contributed by atoms with van der Waals surface area (Å²) in [4.78, 5) is 32.9. The average Bonchev–Trinajstić information content (AvgIpc) is 3.17. The lowest BCUT2D eigenvalue weighted by molar-refractivity contribution is -0.138. The van der Waals surface area contributed by atoms with Crippen molar-refractivity contribution in [3.8, 4) is 0 Å². The lowest BCUT2D eigenvalue weighted by atomic mass is 9.93. The van der Waals surface area contributed by atoms with E-state index in [1.165, 1.54) is 11.1 Å². The molecule has 1 aromatic carbocycles. The summed E-state index contributed by atoms with van der Waals surface area (Å²) < 4.78 is 0. The fraction of sp³-hybridized carbons (Fsp3) is 0.458. The van der Waals surface area contributed by atoms with Crippen LogP contribution in [0.1, 0.15) is 50.2 Å². The Hall–Kier alpha value is -2.89. The monoisotopic (exact) mass is 406 g/mol. The molecule has 2 aromatic rings. The van der Waals surface area contributed by atoms with E-state index >= 15 is 0 Å². The van der Waals surface area contributed by atoms with Crippen molar-refractivity contribution in [1.29, 1.82) is 0 Å². The molecule has 2 fully saturated rings. The number of pyridine rings is 1. The summed E-state index contributed by atoms with van der Waals surface area (Å²) in [5.74, 6) is 0.942. The molecule has 1 N–H and O–H groups in total. The predicted octanol–water partition coefficient (Wildman–Crippen LogP) is 4.07. The molecule has 158 valence electrons. The molecule has 6 heteroatoms. The molecule has 2 aliphatic rings. The van der Waals surface area contributed by atoms with Gasteiger partial charge >= 0.3 is 6.03 Å². The fourth-order valence-electron chi connectivity index (χ4n) is 4.20. The van der Waals surface area contributed by atoms with Gasteiger partial charge in [-0.3, -0.25) is 9.78 Å². The summed E-state index contributed by atoms with van der Waals surface area (Å²) in [6.45, 7) is 8.92. The molecule has 0 aliphatic carbocycles. The van der Waals surface area contributed by atoms with Crippen LogP contribution in [0, 0.1) is 5.41 Å². The van der Waals surface area contributed by atoms with Crippen LogP contribution in [0.4, 0.5) is 10.5 Å². The van der Waals surface area contributed by atoms with Crippen molar-refractivity contribution in [3.63, 3.8) is 0 Å². The number of amides is 3. The number of likely N-dealkylation sites (tertiary alicyclic amines) is 2. The Morgan fingerprint density at radius 2 is 1.67 bits per heavy atom. The first-order chi connectivity index (χ1) is 14.3. The summed E-state index contributed by atoms with van der Waals surface area (Å²) in [6, 6.07) is 12.0. The summed E-state index contributed by atoms with van der Waals surface area (Å²) in [7, 11) is 0. The van der Waals surface area contributed by atoms with E-state index < -0.39 is 0 Å². The van der Waals surface area contributed by atoms with Crippen molar-refractivity contribution in [2.24, 2.45) is 5.41 Å². The number of benzene rings is 1. The van der Waals surface area contributed by atoms with Crippen LogP contribution in [0.3, 0.4) is 0 Å². The second-order valence-corrected chi connectivity index (χ2v) is 9.43. The molecule has 6 nitrogen and oxygen atoms in total. The van der Waals surface area contributed by atoms with Crippen LogP contribution in [0.15, 0.2) is 48.8 Å². The Morgan fingerprint density at radius 1 is 0.967 bits per heavy atom. The van der Waals surface area contributed by atoms with Crippen LogP contribution in [-0.2, 0) is 4.79 Å². The van der Waals surface area contributed by atoms with E-state index in [-0.39, 0.29) is 17.4 Å². The van der Waals surface area contributed by atoms with Gasteiger partial charge in [0, 0.05) is 61.5 Å². The number of aromatic nitrogens is 1. The Labute approximate surface area is 178 Å². The fourth-order valence-corrected chi connectivity index (χ4v) is 4.20. The largest absolute Gasteiger partial charge is 0.342 e. The SMILES string of the molecule is CC(C)(C)C(=O)N1CCC(c2ccc(NC(=O)N3CC(c4cccnc4)C3)cc2)C1. The highest BCUT2D eigenvalue weighted by atomic mass is 16.2. The van der Waals surface area contributed by atoms with Gasteiger partial charge in [0.05, 0.1) is 0 Å². The third kappa shape index (κ3) is 4.32. The molecule has 4 rings (SSSR count). The van der Waals surface area contributed by atoms with Gasteiger partial charge in [-0.05, 0) is 35.7 Å². The number of carbonyl (C=O) groups is 2. The lowest BCUT2D eigenvalue weighted by Gasteiger charge is -2.39. The molecule has 2 saturated heterocycles. The number of nitrogens with zero attached hydrogens (tertiary/aromatic N) is 3. The molecular weight excluding hydrogens is 376 g/mol. The van der Waals surface area contributed by atoms with Crippen molar-refractivity contribution in [1.82, 2.24) is 14.8 Å². The highest BCUT2D eigenvalue weighted by molar-refractivity contribution is 5.90. The Balaban J connectivity index is 1.28. The minimum absolute atomic E-state index is 0.0642. The number of nitrogens with one attached hydrogen (secondary N) is 1. The molecule has 0 bridgehead atoms. The predicted molar refractivity (Wildman–Crippen MR) is 117 cm³/mol. The molecule has 0 radical (unpaired) electrons. The number of urea groups is 1. The Bertz CT molecular complexity index is 899. The first-order valence-electron chi connectivity index (χ1n) is 10.7. The number of hydrogen-bond donors (Lipinski definition) is 1. The molecule has 3 amide bonds. The molecule has 30 heavy (non-hydrogen) atoms. The molecule has 1 atom stereocenters. The third-order valence-corrected chi connectivity index (χ3v) is 6.07. The molecule has 3 heterocycles. The maximum Gasteiger partial charge on any atom is 0.321 e. The van der Waals surface area contributed by atoms with Gasteiger partial charge in [0.1, 0.15) is 0 Å². The maximum atomic E-state index is 12.5. The van der Waals surface area contributed by atoms with Crippen LogP contribution >= 0.6 is 0 Å². The first-order valence-corrected chi connectivity index (χ1v) is 10.7. The zero-order valence-electron chi connectivity index (χ0n) is 18.0. The van der Waals surface area contributed by atoms with Crippen LogP contribution in [-0.4, -0.2) is 52.9 Å². The van der Waals surface area contributed by atoms with Crippen LogP contribution in [0.5, 0.6) is 0 Å². The van der Waals surface area contributed by atoms with Gasteiger partial charge in [0.15, 0.2) is 0 Å². The minimum atomic E-state index is -0.337. The molecule has 0 saturated carbocycles. The van der Waals surface area contributed by atoms with Gasteiger partial charge in [0.25, 0.3) is 0 Å². The van der Waals surface area contributed by atoms with Gasteiger partial charge in [-0.15, -0.1) is 0 Å². The summed E-state index contributed by atoms with van der Waals surface area (Å²) in [5.41, 5.74) is 2.86. The molecule has 1 unspecified atom stereocenters. The minimum Gasteiger partial charge on any atom is -0.342 e. The van der Waals surface area contributed by atoms with Gasteiger partial charge in [-0.1, -0.05) is 39.0 Å². The quantitative estimate of drug-likeness (QED) is 0.835. The van der Waals surface area contributed by atoms with Crippen molar-refractivity contribution in [2.75, 3.05) is 31.5 Å². The number of hydrogen-bond acceptors (Lipinski definition) is 3. The van der Waals surface area contributed by atoms with Crippen LogP contribution in [0.2, 0.25) is 0 Å². The van der Waals surface area contributed by atoms with Gasteiger partial charge in [-0.2, -0.15) is 0 Å². The van der Waals surface area contributed by atoms with Crippen LogP contribution in [0.25, 0.3) is 0 Å². The zero-order chi connectivity index (χ0) is 21.3. The van der Waals surface area contributed by atoms with E-state index in [1.807, 2.05) is 55.0 Å². The number of carbonyl (C=O) groups excluding carboxylic acids is 2. The van der Waals surface area contributed by atoms with E-state index in [4.69, 9.17) is 0 Å². The van der Waals surface area contributed by atoms with E-state index in [9.17, 15) is 9.59 Å². The summed E-state index contributed by atoms with van der Waals surface area (Å²) >= 11 is 0. The van der Waals surface area contributed by atoms with E-state index in [1.54, 1.807) is 6.20 Å². The third-order valence-electron chi connectivity index (χ3n) is 6.07. The van der Waals surface area contributed by atoms with Crippen molar-refractivity contribution in [3.05, 3.63) is 59.9 Å². The maximum absolute atomic E-state index is 12.5. The first kappa shape index (κ1) is 20.4. The lowest BCUT2D eigenvalue weighted by Crippen LogP contribution is -2.50. The highest BCUT2D eigenvalue weighted by Crippen LogP contribution is 2.31. The van der Waals surface area contributed by atoms with Gasteiger partial charge in [-0.25, -0.2) is 4.79 Å². The van der Waals surface area contributed by atoms with E-state index in [2.05, 4.69) is 28.5 Å². The zero-order valence-corrected chi connectivity index (χ0v) is 18.0. The standard InChI is InChI=1S/C24H30N4O2/c1-24(2,3)22(29)27-12-10-19(14-27)17-6-8-21(9-7-17)26-23(30)28-15-20(16-28)18-5-4-11-25-13-18/h4-9,11,13,19-20H,10,12,14-16H2,1-3H3,(H,26,30). The summed E-state index contributed by atoms with van der Waals surface area (Å²) in [6.07, 6.45) is 4.62. The van der Waals surface area contributed by atoms with Crippen LogP contribution < -0.4 is 5.32 Å². The smallest absolute Gasteiger partial charge is 0.321 e. The van der Waals surface area contributed by atoms with E-state index in [0.717, 1.165) is 38.3 Å². The number of anilines is 1. The molecular formula is C24H30N4O2. The summed E-state index contributed by atoms with van der Waals surface area (Å²) in [5, 5.41) is 2.99. The second-order valence-electron chi connectivity index (χ2n) is 9.43. The second kappa shape index (κ2) is 8.09. The van der Waals surface area contributed by atoms with Gasteiger partial charge in [0.2, 0.25) is 5.91 Å².